The van der Waals surface area contributed by atoms with Crippen molar-refractivity contribution in [3.8, 4) is 5.75 Å². The second-order valence-corrected chi connectivity index (χ2v) is 4.12. The van der Waals surface area contributed by atoms with Crippen LogP contribution in [-0.2, 0) is 0 Å². The third kappa shape index (κ3) is 2.30. The average molecular weight is 270 g/mol. The van der Waals surface area contributed by atoms with Crippen LogP contribution < -0.4 is 10.1 Å². The fourth-order valence-corrected chi connectivity index (χ4v) is 1.87. The standard InChI is InChI=1S/C11H8F2N2O2S/c1-17-7-3-2-6(12)8(9(7)13)10(16)15-11-14-4-5-18-11/h2-5H,1H3,(H,14,15,16). The molecule has 0 radical (unpaired) electrons. The second-order valence-electron chi connectivity index (χ2n) is 3.23. The summed E-state index contributed by atoms with van der Waals surface area (Å²) in [6, 6.07) is 2.09. The molecule has 0 aliphatic carbocycles. The molecule has 1 N–H and O–H groups in total. The molecule has 7 heteroatoms. The van der Waals surface area contributed by atoms with E-state index in [1.54, 1.807) is 5.38 Å². The van der Waals surface area contributed by atoms with Gasteiger partial charge in [-0.05, 0) is 12.1 Å². The lowest BCUT2D eigenvalue weighted by atomic mass is 10.1. The van der Waals surface area contributed by atoms with E-state index in [-0.39, 0.29) is 10.9 Å². The first kappa shape index (κ1) is 12.4. The molecular weight excluding hydrogens is 262 g/mol. The summed E-state index contributed by atoms with van der Waals surface area (Å²) < 4.78 is 31.9. The number of benzene rings is 1. The van der Waals surface area contributed by atoms with Crippen molar-refractivity contribution < 1.29 is 18.3 Å². The van der Waals surface area contributed by atoms with Gasteiger partial charge in [-0.1, -0.05) is 0 Å². The molecule has 0 atom stereocenters. The number of carbonyl (C=O) groups excluding carboxylic acids is 1. The first-order valence-electron chi connectivity index (χ1n) is 4.86. The van der Waals surface area contributed by atoms with E-state index >= 15 is 0 Å². The number of carbonyl (C=O) groups is 1. The van der Waals surface area contributed by atoms with E-state index in [0.29, 0.717) is 0 Å². The number of nitrogens with zero attached hydrogens (tertiary/aromatic N) is 1. The summed E-state index contributed by atoms with van der Waals surface area (Å²) in [5.74, 6) is -3.09. The third-order valence-electron chi connectivity index (χ3n) is 2.16. The van der Waals surface area contributed by atoms with Gasteiger partial charge in [-0.15, -0.1) is 11.3 Å². The minimum Gasteiger partial charge on any atom is -0.494 e. The van der Waals surface area contributed by atoms with Crippen LogP contribution in [-0.4, -0.2) is 18.0 Å². The molecule has 1 amide bonds. The van der Waals surface area contributed by atoms with E-state index < -0.39 is 23.1 Å². The van der Waals surface area contributed by atoms with Gasteiger partial charge >= 0.3 is 0 Å². The second kappa shape index (κ2) is 5.09. The molecule has 4 nitrogen and oxygen atoms in total. The number of hydrogen-bond donors (Lipinski definition) is 1. The van der Waals surface area contributed by atoms with E-state index in [1.807, 2.05) is 0 Å². The molecule has 0 aliphatic rings. The highest BCUT2D eigenvalue weighted by atomic mass is 32.1. The monoisotopic (exact) mass is 270 g/mol. The average Bonchev–Trinajstić information content (AvgIpc) is 2.82. The number of thiazole rings is 1. The number of halogens is 2. The smallest absolute Gasteiger partial charge is 0.263 e. The van der Waals surface area contributed by atoms with Gasteiger partial charge in [0.25, 0.3) is 5.91 Å². The SMILES string of the molecule is COc1ccc(F)c(C(=O)Nc2nccs2)c1F. The molecule has 0 aliphatic heterocycles. The van der Waals surface area contributed by atoms with Crippen LogP contribution in [0.2, 0.25) is 0 Å². The third-order valence-corrected chi connectivity index (χ3v) is 2.84. The van der Waals surface area contributed by atoms with Gasteiger partial charge in [0, 0.05) is 11.6 Å². The van der Waals surface area contributed by atoms with E-state index in [2.05, 4.69) is 10.3 Å². The maximum Gasteiger partial charge on any atom is 0.263 e. The van der Waals surface area contributed by atoms with Gasteiger partial charge in [-0.2, -0.15) is 0 Å². The minimum atomic E-state index is -1.04. The maximum atomic E-state index is 13.8. The van der Waals surface area contributed by atoms with Crippen molar-refractivity contribution in [3.63, 3.8) is 0 Å². The zero-order chi connectivity index (χ0) is 13.1. The summed E-state index contributed by atoms with van der Waals surface area (Å²) in [5.41, 5.74) is -0.690. The van der Waals surface area contributed by atoms with Crippen molar-refractivity contribution in [1.82, 2.24) is 4.98 Å². The van der Waals surface area contributed by atoms with Gasteiger partial charge in [0.1, 0.15) is 11.4 Å². The van der Waals surface area contributed by atoms with Crippen molar-refractivity contribution in [2.75, 3.05) is 12.4 Å². The number of hydrogen-bond acceptors (Lipinski definition) is 4. The molecule has 1 heterocycles. The predicted octanol–water partition coefficient (Wildman–Crippen LogP) is 2.68. The Balaban J connectivity index is 2.35. The van der Waals surface area contributed by atoms with Crippen molar-refractivity contribution in [1.29, 1.82) is 0 Å². The first-order valence-corrected chi connectivity index (χ1v) is 5.74. The summed E-state index contributed by atoms with van der Waals surface area (Å²) in [7, 11) is 1.23. The molecule has 2 rings (SSSR count). The number of rotatable bonds is 3. The molecule has 2 aromatic rings. The van der Waals surface area contributed by atoms with Gasteiger partial charge in [0.15, 0.2) is 16.7 Å². The molecule has 0 saturated carbocycles. The normalized spacial score (nSPS) is 10.2. The van der Waals surface area contributed by atoms with Crippen LogP contribution in [0.25, 0.3) is 0 Å². The van der Waals surface area contributed by atoms with Crippen molar-refractivity contribution in [2.24, 2.45) is 0 Å². The Morgan fingerprint density at radius 3 is 2.83 bits per heavy atom. The lowest BCUT2D eigenvalue weighted by Crippen LogP contribution is -2.16. The quantitative estimate of drug-likeness (QED) is 0.932. The summed E-state index contributed by atoms with van der Waals surface area (Å²) in [4.78, 5) is 15.5. The van der Waals surface area contributed by atoms with E-state index in [1.165, 1.54) is 13.3 Å². The fraction of sp³-hybridized carbons (Fsp3) is 0.0909. The predicted molar refractivity (Wildman–Crippen MR) is 63.0 cm³/mol. The number of amides is 1. The molecule has 0 saturated heterocycles. The van der Waals surface area contributed by atoms with Gasteiger partial charge in [0.2, 0.25) is 0 Å². The molecule has 0 unspecified atom stereocenters. The van der Waals surface area contributed by atoms with Gasteiger partial charge in [-0.3, -0.25) is 10.1 Å². The molecule has 0 bridgehead atoms. The van der Waals surface area contributed by atoms with Crippen LogP contribution in [0.1, 0.15) is 10.4 Å². The molecule has 18 heavy (non-hydrogen) atoms. The summed E-state index contributed by atoms with van der Waals surface area (Å²) in [6.07, 6.45) is 1.47. The van der Waals surface area contributed by atoms with Crippen LogP contribution >= 0.6 is 11.3 Å². The fourth-order valence-electron chi connectivity index (χ4n) is 1.34. The molecular formula is C11H8F2N2O2S. The molecule has 94 valence electrons. The Morgan fingerprint density at radius 2 is 2.22 bits per heavy atom. The van der Waals surface area contributed by atoms with E-state index in [0.717, 1.165) is 23.5 Å². The lowest BCUT2D eigenvalue weighted by molar-refractivity contribution is 0.101. The highest BCUT2D eigenvalue weighted by Crippen LogP contribution is 2.24. The largest absolute Gasteiger partial charge is 0.494 e. The number of ether oxygens (including phenoxy) is 1. The Labute approximate surface area is 105 Å². The van der Waals surface area contributed by atoms with E-state index in [9.17, 15) is 13.6 Å². The van der Waals surface area contributed by atoms with Crippen LogP contribution in [0.5, 0.6) is 5.75 Å². The Morgan fingerprint density at radius 1 is 1.44 bits per heavy atom. The van der Waals surface area contributed by atoms with Crippen LogP contribution in [0, 0.1) is 11.6 Å². The van der Waals surface area contributed by atoms with Crippen molar-refractivity contribution in [2.45, 2.75) is 0 Å². The zero-order valence-corrected chi connectivity index (χ0v) is 10.1. The first-order chi connectivity index (χ1) is 8.63. The molecule has 0 fully saturated rings. The Bertz CT molecular complexity index is 573. The van der Waals surface area contributed by atoms with E-state index in [4.69, 9.17) is 4.74 Å². The number of nitrogens with one attached hydrogen (secondary N) is 1. The molecule has 1 aromatic carbocycles. The van der Waals surface area contributed by atoms with Crippen LogP contribution in [0.15, 0.2) is 23.7 Å². The van der Waals surface area contributed by atoms with Gasteiger partial charge < -0.3 is 4.74 Å². The number of aromatic nitrogens is 1. The maximum absolute atomic E-state index is 13.8. The number of methoxy groups -OCH3 is 1. The highest BCUT2D eigenvalue weighted by Gasteiger charge is 2.21. The van der Waals surface area contributed by atoms with Gasteiger partial charge in [-0.25, -0.2) is 13.8 Å². The highest BCUT2D eigenvalue weighted by molar-refractivity contribution is 7.13. The van der Waals surface area contributed by atoms with Crippen molar-refractivity contribution >= 4 is 22.4 Å². The Kier molecular flexibility index (Phi) is 3.52. The minimum absolute atomic E-state index is 0.194. The summed E-state index contributed by atoms with van der Waals surface area (Å²) in [5, 5.41) is 4.20. The summed E-state index contributed by atoms with van der Waals surface area (Å²) >= 11 is 1.15. The topological polar surface area (TPSA) is 51.2 Å². The number of anilines is 1. The van der Waals surface area contributed by atoms with Crippen molar-refractivity contribution in [3.05, 3.63) is 40.9 Å². The Hall–Kier alpha value is -2.02. The molecule has 0 spiro atoms. The lowest BCUT2D eigenvalue weighted by Gasteiger charge is -2.08. The van der Waals surface area contributed by atoms with Crippen LogP contribution in [0.3, 0.4) is 0 Å². The molecule has 1 aromatic heterocycles. The van der Waals surface area contributed by atoms with Gasteiger partial charge in [0.05, 0.1) is 7.11 Å². The van der Waals surface area contributed by atoms with Crippen LogP contribution in [0.4, 0.5) is 13.9 Å². The zero-order valence-electron chi connectivity index (χ0n) is 9.24. The summed E-state index contributed by atoms with van der Waals surface area (Å²) in [6.45, 7) is 0.